The van der Waals surface area contributed by atoms with E-state index in [4.69, 9.17) is 11.5 Å². The number of carbonyl (C=O) groups excluding carboxylic acids is 2. The molecule has 0 aliphatic rings. The van der Waals surface area contributed by atoms with Crippen molar-refractivity contribution in [3.63, 3.8) is 0 Å². The second-order valence-corrected chi connectivity index (χ2v) is 14.7. The predicted molar refractivity (Wildman–Crippen MR) is 202 cm³/mol. The van der Waals surface area contributed by atoms with Crippen molar-refractivity contribution in [2.45, 2.75) is 244 Å². The third-order valence-electron chi connectivity index (χ3n) is 9.92. The van der Waals surface area contributed by atoms with E-state index in [-0.39, 0.29) is 18.2 Å². The lowest BCUT2D eigenvalue weighted by Gasteiger charge is -2.29. The predicted octanol–water partition coefficient (Wildman–Crippen LogP) is 12.0. The van der Waals surface area contributed by atoms with Crippen LogP contribution in [-0.2, 0) is 9.59 Å². The van der Waals surface area contributed by atoms with E-state index in [0.29, 0.717) is 25.7 Å². The third-order valence-corrected chi connectivity index (χ3v) is 9.92. The zero-order valence-electron chi connectivity index (χ0n) is 31.4. The molecule has 5 N–H and O–H groups in total. The molecule has 0 fully saturated rings. The average molecular weight is 650 g/mol. The van der Waals surface area contributed by atoms with E-state index in [1.165, 1.54) is 173 Å². The summed E-state index contributed by atoms with van der Waals surface area (Å²) in [5.74, 6) is 0.207. The number of ketones is 1. The number of amides is 1. The molecule has 0 rings (SSSR count). The van der Waals surface area contributed by atoms with Crippen molar-refractivity contribution in [1.82, 2.24) is 5.32 Å². The van der Waals surface area contributed by atoms with Gasteiger partial charge in [-0.1, -0.05) is 200 Å². The van der Waals surface area contributed by atoms with Crippen molar-refractivity contribution in [3.8, 4) is 0 Å². The number of hydrogen-bond donors (Lipinski definition) is 3. The maximum Gasteiger partial charge on any atom is 0.221 e. The number of nitrogens with one attached hydrogen (secondary N) is 1. The maximum atomic E-state index is 12.5. The van der Waals surface area contributed by atoms with Gasteiger partial charge in [0.25, 0.3) is 0 Å². The molecule has 1 unspecified atom stereocenters. The van der Waals surface area contributed by atoms with Crippen molar-refractivity contribution in [2.75, 3.05) is 6.54 Å². The molecule has 0 aromatic rings. The van der Waals surface area contributed by atoms with Gasteiger partial charge in [0, 0.05) is 25.8 Å². The van der Waals surface area contributed by atoms with Crippen molar-refractivity contribution in [3.05, 3.63) is 0 Å². The number of unbranched alkanes of at least 4 members (excludes halogenated alkanes) is 29. The minimum Gasteiger partial charge on any atom is -0.337 e. The lowest BCUT2D eigenvalue weighted by Crippen LogP contribution is -2.60. The Balaban J connectivity index is 3.61. The number of nitrogens with two attached hydrogens (primary N) is 2. The van der Waals surface area contributed by atoms with Crippen LogP contribution < -0.4 is 16.8 Å². The van der Waals surface area contributed by atoms with Gasteiger partial charge in [-0.2, -0.15) is 0 Å². The minimum atomic E-state index is -0.975. The zero-order valence-corrected chi connectivity index (χ0v) is 31.4. The summed E-state index contributed by atoms with van der Waals surface area (Å²) < 4.78 is 0. The van der Waals surface area contributed by atoms with E-state index >= 15 is 0 Å². The van der Waals surface area contributed by atoms with Crippen LogP contribution in [0, 0.1) is 0 Å². The van der Waals surface area contributed by atoms with Crippen molar-refractivity contribution < 1.29 is 9.59 Å². The molecule has 1 amide bonds. The number of rotatable bonds is 38. The molecule has 0 radical (unpaired) electrons. The van der Waals surface area contributed by atoms with E-state index in [2.05, 4.69) is 19.2 Å². The first kappa shape index (κ1) is 45.1. The molecule has 46 heavy (non-hydrogen) atoms. The van der Waals surface area contributed by atoms with Crippen molar-refractivity contribution in [2.24, 2.45) is 11.5 Å². The Bertz CT molecular complexity index is 656. The van der Waals surface area contributed by atoms with Crippen LogP contribution in [0.25, 0.3) is 0 Å². The Kier molecular flexibility index (Phi) is 34.6. The molecule has 5 heteroatoms. The van der Waals surface area contributed by atoms with E-state index < -0.39 is 5.66 Å². The Morgan fingerprint density at radius 3 is 1.02 bits per heavy atom. The SMILES string of the molecule is CCCCCCCCCCCCCCCCCCC(=O)NC(N)(CN)CCC(=O)CCCCCCCCCCCCCCCCC. The van der Waals surface area contributed by atoms with E-state index in [9.17, 15) is 9.59 Å². The standard InChI is InChI=1S/C41H83N3O2/c1-3-5-7-9-11-13-15-17-19-21-23-25-27-29-31-33-35-40(46)44-41(43,38-42)37-36-39(45)34-32-30-28-26-24-22-20-18-16-14-12-10-8-6-4-2/h3-38,42-43H2,1-2H3,(H,44,46). The summed E-state index contributed by atoms with van der Waals surface area (Å²) in [5.41, 5.74) is 11.3. The summed E-state index contributed by atoms with van der Waals surface area (Å²) in [6.45, 7) is 4.72. The molecular formula is C41H83N3O2. The molecule has 1 atom stereocenters. The van der Waals surface area contributed by atoms with Crippen molar-refractivity contribution >= 4 is 11.7 Å². The molecule has 5 nitrogen and oxygen atoms in total. The molecular weight excluding hydrogens is 566 g/mol. The second-order valence-electron chi connectivity index (χ2n) is 14.7. The highest BCUT2D eigenvalue weighted by molar-refractivity contribution is 5.79. The summed E-state index contributed by atoms with van der Waals surface area (Å²) in [6.07, 6.45) is 42.9. The van der Waals surface area contributed by atoms with Gasteiger partial charge in [-0.3, -0.25) is 9.59 Å². The first-order chi connectivity index (χ1) is 22.5. The monoisotopic (exact) mass is 650 g/mol. The van der Waals surface area contributed by atoms with E-state index in [1.807, 2.05) is 0 Å². The highest BCUT2D eigenvalue weighted by atomic mass is 16.2. The van der Waals surface area contributed by atoms with E-state index in [1.54, 1.807) is 0 Å². The van der Waals surface area contributed by atoms with Crippen LogP contribution >= 0.6 is 0 Å². The molecule has 0 spiro atoms. The van der Waals surface area contributed by atoms with Crippen molar-refractivity contribution in [1.29, 1.82) is 0 Å². The zero-order chi connectivity index (χ0) is 33.8. The van der Waals surface area contributed by atoms with Crippen LogP contribution in [-0.4, -0.2) is 23.9 Å². The Hall–Kier alpha value is -0.940. The van der Waals surface area contributed by atoms with Gasteiger partial charge in [0.15, 0.2) is 0 Å². The fourth-order valence-electron chi connectivity index (χ4n) is 6.57. The Labute approximate surface area is 288 Å². The summed E-state index contributed by atoms with van der Waals surface area (Å²) in [6, 6.07) is 0. The fourth-order valence-corrected chi connectivity index (χ4v) is 6.57. The molecule has 274 valence electrons. The molecule has 0 aromatic heterocycles. The summed E-state index contributed by atoms with van der Waals surface area (Å²) in [5, 5.41) is 2.93. The average Bonchev–Trinajstić information content (AvgIpc) is 3.05. The summed E-state index contributed by atoms with van der Waals surface area (Å²) >= 11 is 0. The Morgan fingerprint density at radius 1 is 0.435 bits per heavy atom. The van der Waals surface area contributed by atoms with Crippen LogP contribution in [0.3, 0.4) is 0 Å². The molecule has 0 heterocycles. The van der Waals surface area contributed by atoms with Gasteiger partial charge in [0.2, 0.25) is 5.91 Å². The van der Waals surface area contributed by atoms with Crippen LogP contribution in [0.15, 0.2) is 0 Å². The van der Waals surface area contributed by atoms with Gasteiger partial charge in [-0.15, -0.1) is 0 Å². The van der Waals surface area contributed by atoms with Gasteiger partial charge in [-0.05, 0) is 19.3 Å². The minimum absolute atomic E-state index is 0.0341. The van der Waals surface area contributed by atoms with E-state index in [0.717, 1.165) is 25.7 Å². The third kappa shape index (κ3) is 33.0. The summed E-state index contributed by atoms with van der Waals surface area (Å²) in [4.78, 5) is 25.0. The number of hydrogen-bond acceptors (Lipinski definition) is 4. The molecule has 0 saturated heterocycles. The van der Waals surface area contributed by atoms with Gasteiger partial charge in [-0.25, -0.2) is 0 Å². The van der Waals surface area contributed by atoms with Crippen LogP contribution in [0.1, 0.15) is 239 Å². The fraction of sp³-hybridized carbons (Fsp3) is 0.951. The van der Waals surface area contributed by atoms with Gasteiger partial charge >= 0.3 is 0 Å². The molecule has 0 aliphatic heterocycles. The summed E-state index contributed by atoms with van der Waals surface area (Å²) in [7, 11) is 0. The Morgan fingerprint density at radius 2 is 0.717 bits per heavy atom. The molecule has 0 aliphatic carbocycles. The van der Waals surface area contributed by atoms with Gasteiger partial charge in [0.1, 0.15) is 11.4 Å². The first-order valence-electron chi connectivity index (χ1n) is 20.8. The normalized spacial score (nSPS) is 12.8. The van der Waals surface area contributed by atoms with Gasteiger partial charge in [0.05, 0.1) is 0 Å². The molecule has 0 aromatic carbocycles. The van der Waals surface area contributed by atoms with Gasteiger partial charge < -0.3 is 16.8 Å². The second kappa shape index (κ2) is 35.4. The molecule has 0 saturated carbocycles. The smallest absolute Gasteiger partial charge is 0.221 e. The van der Waals surface area contributed by atoms with Crippen LogP contribution in [0.2, 0.25) is 0 Å². The topological polar surface area (TPSA) is 98.2 Å². The quantitative estimate of drug-likeness (QED) is 0.0458. The number of Topliss-reactive ketones (excluding diaryl/α,β-unsaturated/α-hetero) is 1. The largest absolute Gasteiger partial charge is 0.337 e. The maximum absolute atomic E-state index is 12.5. The molecule has 0 bridgehead atoms. The lowest BCUT2D eigenvalue weighted by atomic mass is 9.99. The number of carbonyl (C=O) groups is 2. The highest BCUT2D eigenvalue weighted by Gasteiger charge is 2.25. The van der Waals surface area contributed by atoms with Crippen LogP contribution in [0.4, 0.5) is 0 Å². The first-order valence-corrected chi connectivity index (χ1v) is 20.8. The lowest BCUT2D eigenvalue weighted by molar-refractivity contribution is -0.124. The van der Waals surface area contributed by atoms with Crippen LogP contribution in [0.5, 0.6) is 0 Å². The highest BCUT2D eigenvalue weighted by Crippen LogP contribution is 2.16.